The number of benzene rings is 1. The number of nitrogens with zero attached hydrogens (tertiary/aromatic N) is 2. The Kier molecular flexibility index (Phi) is 7.60. The van der Waals surface area contributed by atoms with E-state index in [0.717, 1.165) is 62.9 Å². The summed E-state index contributed by atoms with van der Waals surface area (Å²) in [5.41, 5.74) is 1.20. The molecule has 2 saturated heterocycles. The van der Waals surface area contributed by atoms with Gasteiger partial charge in [0.15, 0.2) is 0 Å². The van der Waals surface area contributed by atoms with Crippen molar-refractivity contribution in [1.29, 1.82) is 0 Å². The molecule has 0 aliphatic carbocycles. The van der Waals surface area contributed by atoms with Crippen LogP contribution in [-0.2, 0) is 16.6 Å². The molecular weight excluding hydrogens is 376 g/mol. The molecule has 158 valence electrons. The molecule has 0 spiro atoms. The van der Waals surface area contributed by atoms with Gasteiger partial charge in [-0.25, -0.2) is 0 Å². The van der Waals surface area contributed by atoms with E-state index in [1.165, 1.54) is 5.56 Å². The lowest BCUT2D eigenvalue weighted by Gasteiger charge is -2.34. The normalized spacial score (nSPS) is 20.6. The zero-order valence-corrected chi connectivity index (χ0v) is 18.0. The maximum atomic E-state index is 12.9. The Labute approximate surface area is 170 Å². The highest BCUT2D eigenvalue weighted by atomic mass is 32.2. The quantitative estimate of drug-likeness (QED) is 0.691. The molecule has 7 heteroatoms. The molecule has 0 N–H and O–H groups in total. The van der Waals surface area contributed by atoms with Gasteiger partial charge in [0.1, 0.15) is 11.5 Å². The van der Waals surface area contributed by atoms with E-state index < -0.39 is 10.2 Å². The number of hydrogen-bond acceptors (Lipinski definition) is 4. The molecule has 0 atom stereocenters. The molecule has 0 aromatic heterocycles. The minimum absolute atomic E-state index is 0.563. The van der Waals surface area contributed by atoms with Crippen molar-refractivity contribution in [1.82, 2.24) is 8.61 Å². The second kappa shape index (κ2) is 9.94. The average Bonchev–Trinajstić information content (AvgIpc) is 3.02. The van der Waals surface area contributed by atoms with Crippen molar-refractivity contribution in [2.75, 3.05) is 40.4 Å². The van der Waals surface area contributed by atoms with Crippen molar-refractivity contribution in [2.45, 2.75) is 51.4 Å². The van der Waals surface area contributed by atoms with Gasteiger partial charge in [-0.15, -0.1) is 0 Å². The highest BCUT2D eigenvalue weighted by Gasteiger charge is 2.32. The van der Waals surface area contributed by atoms with Gasteiger partial charge in [0.25, 0.3) is 10.2 Å². The Morgan fingerprint density at radius 3 is 1.93 bits per heavy atom. The molecule has 2 fully saturated rings. The highest BCUT2D eigenvalue weighted by molar-refractivity contribution is 7.86. The number of ether oxygens (including phenoxy) is 2. The fourth-order valence-corrected chi connectivity index (χ4v) is 5.96. The maximum Gasteiger partial charge on any atom is 0.281 e. The zero-order chi connectivity index (χ0) is 20.0. The van der Waals surface area contributed by atoms with Crippen LogP contribution in [0, 0.1) is 5.92 Å². The summed E-state index contributed by atoms with van der Waals surface area (Å²) < 4.78 is 40.0. The van der Waals surface area contributed by atoms with Crippen molar-refractivity contribution in [2.24, 2.45) is 5.92 Å². The van der Waals surface area contributed by atoms with Crippen molar-refractivity contribution < 1.29 is 17.9 Å². The summed E-state index contributed by atoms with van der Waals surface area (Å²) in [5, 5.41) is 0. The molecule has 3 rings (SSSR count). The Morgan fingerprint density at radius 1 is 0.857 bits per heavy atom. The smallest absolute Gasteiger partial charge is 0.281 e. The SMILES string of the molecule is COc1cc(CCC2CCN(S(=O)(=O)N3CCCCCC3)CC2)cc(OC)c1. The number of piperidine rings is 1. The third kappa shape index (κ3) is 5.39. The fraction of sp³-hybridized carbons (Fsp3) is 0.714. The largest absolute Gasteiger partial charge is 0.497 e. The zero-order valence-electron chi connectivity index (χ0n) is 17.2. The first kappa shape index (κ1) is 21.4. The third-order valence-corrected chi connectivity index (χ3v) is 8.08. The van der Waals surface area contributed by atoms with Gasteiger partial charge < -0.3 is 9.47 Å². The Bertz CT molecular complexity index is 700. The second-order valence-corrected chi connectivity index (χ2v) is 9.85. The van der Waals surface area contributed by atoms with Crippen LogP contribution in [0.3, 0.4) is 0 Å². The molecule has 1 aromatic carbocycles. The molecule has 0 amide bonds. The summed E-state index contributed by atoms with van der Waals surface area (Å²) in [5.74, 6) is 2.19. The number of methoxy groups -OCH3 is 2. The van der Waals surface area contributed by atoms with Gasteiger partial charge in [0, 0.05) is 32.2 Å². The summed E-state index contributed by atoms with van der Waals surface area (Å²) in [7, 11) is 0.0480. The van der Waals surface area contributed by atoms with E-state index in [1.54, 1.807) is 22.8 Å². The van der Waals surface area contributed by atoms with Crippen LogP contribution in [-0.4, -0.2) is 57.4 Å². The van der Waals surface area contributed by atoms with Gasteiger partial charge in [-0.2, -0.15) is 17.0 Å². The van der Waals surface area contributed by atoms with Crippen LogP contribution in [0.25, 0.3) is 0 Å². The predicted octanol–water partition coefficient (Wildman–Crippen LogP) is 3.47. The molecule has 0 radical (unpaired) electrons. The van der Waals surface area contributed by atoms with Gasteiger partial charge in [0.05, 0.1) is 14.2 Å². The van der Waals surface area contributed by atoms with E-state index in [2.05, 4.69) is 12.1 Å². The topological polar surface area (TPSA) is 59.1 Å². The first-order valence-corrected chi connectivity index (χ1v) is 11.9. The van der Waals surface area contributed by atoms with Gasteiger partial charge in [0.2, 0.25) is 0 Å². The summed E-state index contributed by atoms with van der Waals surface area (Å²) in [6.07, 6.45) is 8.15. The highest BCUT2D eigenvalue weighted by Crippen LogP contribution is 2.28. The Hall–Kier alpha value is -1.31. The van der Waals surface area contributed by atoms with Gasteiger partial charge in [-0.05, 0) is 62.1 Å². The van der Waals surface area contributed by atoms with Crippen molar-refractivity contribution in [3.63, 3.8) is 0 Å². The monoisotopic (exact) mass is 410 g/mol. The van der Waals surface area contributed by atoms with Crippen molar-refractivity contribution >= 4 is 10.2 Å². The standard InChI is InChI=1S/C21H34N2O4S/c1-26-20-15-19(16-21(17-20)27-2)8-7-18-9-13-23(14-10-18)28(24,25)22-11-5-3-4-6-12-22/h15-18H,3-14H2,1-2H3. The van der Waals surface area contributed by atoms with Crippen LogP contribution in [0.2, 0.25) is 0 Å². The minimum atomic E-state index is -3.28. The number of hydrogen-bond donors (Lipinski definition) is 0. The van der Waals surface area contributed by atoms with E-state index >= 15 is 0 Å². The molecule has 2 aliphatic rings. The second-order valence-electron chi connectivity index (χ2n) is 7.92. The van der Waals surface area contributed by atoms with Gasteiger partial charge >= 0.3 is 0 Å². The molecule has 0 saturated carbocycles. The van der Waals surface area contributed by atoms with Crippen LogP contribution in [0.15, 0.2) is 18.2 Å². The fourth-order valence-electron chi connectivity index (χ4n) is 4.25. The molecule has 0 bridgehead atoms. The summed E-state index contributed by atoms with van der Waals surface area (Å²) in [6.45, 7) is 2.65. The summed E-state index contributed by atoms with van der Waals surface area (Å²) >= 11 is 0. The molecule has 2 heterocycles. The molecule has 2 aliphatic heterocycles. The molecule has 28 heavy (non-hydrogen) atoms. The Morgan fingerprint density at radius 2 is 1.39 bits per heavy atom. The average molecular weight is 411 g/mol. The first-order chi connectivity index (χ1) is 13.5. The lowest BCUT2D eigenvalue weighted by Crippen LogP contribution is -2.47. The third-order valence-electron chi connectivity index (χ3n) is 6.04. The molecule has 6 nitrogen and oxygen atoms in total. The van der Waals surface area contributed by atoms with Crippen LogP contribution in [0.5, 0.6) is 11.5 Å². The summed E-state index contributed by atoms with van der Waals surface area (Å²) in [6, 6.07) is 6.00. The predicted molar refractivity (Wildman–Crippen MR) is 111 cm³/mol. The van der Waals surface area contributed by atoms with Crippen LogP contribution >= 0.6 is 0 Å². The van der Waals surface area contributed by atoms with Crippen molar-refractivity contribution in [3.8, 4) is 11.5 Å². The lowest BCUT2D eigenvalue weighted by molar-refractivity contribution is 0.246. The van der Waals surface area contributed by atoms with E-state index in [0.29, 0.717) is 32.1 Å². The van der Waals surface area contributed by atoms with Crippen molar-refractivity contribution in [3.05, 3.63) is 23.8 Å². The van der Waals surface area contributed by atoms with Gasteiger partial charge in [-0.1, -0.05) is 12.8 Å². The Balaban J connectivity index is 1.51. The minimum Gasteiger partial charge on any atom is -0.497 e. The lowest BCUT2D eigenvalue weighted by atomic mass is 9.91. The number of aryl methyl sites for hydroxylation is 1. The maximum absolute atomic E-state index is 12.9. The molecular formula is C21H34N2O4S. The van der Waals surface area contributed by atoms with E-state index in [1.807, 2.05) is 6.07 Å². The van der Waals surface area contributed by atoms with E-state index in [4.69, 9.17) is 9.47 Å². The van der Waals surface area contributed by atoms with E-state index in [-0.39, 0.29) is 0 Å². The van der Waals surface area contributed by atoms with Crippen LogP contribution in [0.4, 0.5) is 0 Å². The molecule has 0 unspecified atom stereocenters. The van der Waals surface area contributed by atoms with Crippen LogP contribution < -0.4 is 9.47 Å². The first-order valence-electron chi connectivity index (χ1n) is 10.5. The summed E-state index contributed by atoms with van der Waals surface area (Å²) in [4.78, 5) is 0. The molecule has 1 aromatic rings. The van der Waals surface area contributed by atoms with Crippen LogP contribution in [0.1, 0.15) is 50.5 Å². The van der Waals surface area contributed by atoms with E-state index in [9.17, 15) is 8.42 Å². The van der Waals surface area contributed by atoms with Gasteiger partial charge in [-0.3, -0.25) is 0 Å². The number of rotatable bonds is 7.